The Kier molecular flexibility index (Phi) is 3.53. The fourth-order valence-corrected chi connectivity index (χ4v) is 1.93. The van der Waals surface area contributed by atoms with Crippen LogP contribution in [0.15, 0.2) is 18.2 Å². The van der Waals surface area contributed by atoms with E-state index >= 15 is 0 Å². The Balaban J connectivity index is 2.11. The van der Waals surface area contributed by atoms with E-state index in [1.165, 1.54) is 18.6 Å². The van der Waals surface area contributed by atoms with E-state index in [-0.39, 0.29) is 5.69 Å². The molecule has 1 aliphatic rings. The number of benzene rings is 1. The summed E-state index contributed by atoms with van der Waals surface area (Å²) in [4.78, 5) is 10.0. The Morgan fingerprint density at radius 1 is 1.24 bits per heavy atom. The van der Waals surface area contributed by atoms with Crippen molar-refractivity contribution in [1.29, 1.82) is 0 Å². The van der Waals surface area contributed by atoms with Crippen molar-refractivity contribution >= 4 is 11.4 Å². The number of halogens is 1. The molecular weight excluding hydrogens is 225 g/mol. The van der Waals surface area contributed by atoms with Gasteiger partial charge in [-0.2, -0.15) is 0 Å². The van der Waals surface area contributed by atoms with Crippen LogP contribution in [0, 0.1) is 15.9 Å². The Morgan fingerprint density at radius 2 is 1.94 bits per heavy atom. The molecule has 1 heterocycles. The van der Waals surface area contributed by atoms with Crippen molar-refractivity contribution in [1.82, 2.24) is 5.01 Å². The molecular formula is C11H14FN3O2. The monoisotopic (exact) mass is 239 g/mol. The number of hydrogen-bond acceptors (Lipinski definition) is 4. The van der Waals surface area contributed by atoms with E-state index in [0.717, 1.165) is 32.0 Å². The van der Waals surface area contributed by atoms with Gasteiger partial charge in [-0.05, 0) is 18.9 Å². The summed E-state index contributed by atoms with van der Waals surface area (Å²) in [6.45, 7) is 1.76. The Labute approximate surface area is 98.3 Å². The highest BCUT2D eigenvalue weighted by atomic mass is 19.1. The summed E-state index contributed by atoms with van der Waals surface area (Å²) in [6, 6.07) is 3.53. The van der Waals surface area contributed by atoms with Crippen molar-refractivity contribution in [3.8, 4) is 0 Å². The fraction of sp³-hybridized carbons (Fsp3) is 0.455. The molecule has 0 radical (unpaired) electrons. The molecule has 1 N–H and O–H groups in total. The topological polar surface area (TPSA) is 58.4 Å². The first kappa shape index (κ1) is 11.8. The van der Waals surface area contributed by atoms with Crippen LogP contribution in [-0.2, 0) is 0 Å². The molecule has 92 valence electrons. The fourth-order valence-electron chi connectivity index (χ4n) is 1.93. The quantitative estimate of drug-likeness (QED) is 0.650. The van der Waals surface area contributed by atoms with Crippen LogP contribution in [0.25, 0.3) is 0 Å². The summed E-state index contributed by atoms with van der Waals surface area (Å²) >= 11 is 0. The first-order valence-corrected chi connectivity index (χ1v) is 5.62. The smallest absolute Gasteiger partial charge is 0.274 e. The third kappa shape index (κ3) is 3.13. The Morgan fingerprint density at radius 3 is 2.59 bits per heavy atom. The van der Waals surface area contributed by atoms with Gasteiger partial charge >= 0.3 is 0 Å². The van der Waals surface area contributed by atoms with E-state index in [1.54, 1.807) is 0 Å². The van der Waals surface area contributed by atoms with Crippen LogP contribution in [0.4, 0.5) is 15.8 Å². The number of nitrogens with one attached hydrogen (secondary N) is 1. The second-order valence-corrected chi connectivity index (χ2v) is 4.11. The average Bonchev–Trinajstić information content (AvgIpc) is 2.29. The third-order valence-electron chi connectivity index (χ3n) is 2.74. The van der Waals surface area contributed by atoms with Crippen LogP contribution in [0.5, 0.6) is 0 Å². The highest BCUT2D eigenvalue weighted by molar-refractivity contribution is 5.50. The van der Waals surface area contributed by atoms with Crippen molar-refractivity contribution < 1.29 is 9.31 Å². The zero-order chi connectivity index (χ0) is 12.3. The van der Waals surface area contributed by atoms with E-state index in [4.69, 9.17) is 0 Å². The average molecular weight is 239 g/mol. The molecule has 1 aromatic rings. The van der Waals surface area contributed by atoms with Crippen LogP contribution in [-0.4, -0.2) is 23.0 Å². The number of hydrogen-bond donors (Lipinski definition) is 1. The van der Waals surface area contributed by atoms with Gasteiger partial charge < -0.3 is 5.43 Å². The minimum Gasteiger partial charge on any atom is -0.319 e. The standard InChI is InChI=1S/C11H14FN3O2/c12-9-6-10(8-11(7-9)15(16)17)13-14-4-2-1-3-5-14/h6-8,13H,1-5H2. The molecule has 2 rings (SSSR count). The van der Waals surface area contributed by atoms with Crippen LogP contribution in [0.2, 0.25) is 0 Å². The molecule has 6 heteroatoms. The molecule has 0 atom stereocenters. The molecule has 0 saturated carbocycles. The normalized spacial score (nSPS) is 16.8. The lowest BCUT2D eigenvalue weighted by molar-refractivity contribution is -0.385. The summed E-state index contributed by atoms with van der Waals surface area (Å²) in [5.74, 6) is -0.598. The molecule has 17 heavy (non-hydrogen) atoms. The highest BCUT2D eigenvalue weighted by Crippen LogP contribution is 2.21. The number of anilines is 1. The SMILES string of the molecule is O=[N+]([O-])c1cc(F)cc(NN2CCCCC2)c1. The lowest BCUT2D eigenvalue weighted by Gasteiger charge is -2.27. The predicted octanol–water partition coefficient (Wildman–Crippen LogP) is 2.55. The number of nitrogens with zero attached hydrogens (tertiary/aromatic N) is 2. The van der Waals surface area contributed by atoms with E-state index in [9.17, 15) is 14.5 Å². The molecule has 1 aromatic carbocycles. The van der Waals surface area contributed by atoms with Crippen molar-refractivity contribution in [3.63, 3.8) is 0 Å². The molecule has 1 fully saturated rings. The lowest BCUT2D eigenvalue weighted by Crippen LogP contribution is -2.34. The van der Waals surface area contributed by atoms with Gasteiger partial charge in [0.2, 0.25) is 0 Å². The number of hydrazine groups is 1. The maximum atomic E-state index is 13.2. The van der Waals surface area contributed by atoms with Crippen LogP contribution >= 0.6 is 0 Å². The van der Waals surface area contributed by atoms with Gasteiger partial charge in [0.25, 0.3) is 5.69 Å². The molecule has 5 nitrogen and oxygen atoms in total. The van der Waals surface area contributed by atoms with Crippen molar-refractivity contribution in [2.24, 2.45) is 0 Å². The number of non-ortho nitro benzene ring substituents is 1. The van der Waals surface area contributed by atoms with E-state index in [2.05, 4.69) is 5.43 Å². The van der Waals surface area contributed by atoms with Gasteiger partial charge in [0.05, 0.1) is 16.7 Å². The Hall–Kier alpha value is -1.69. The van der Waals surface area contributed by atoms with Gasteiger partial charge in [-0.15, -0.1) is 0 Å². The summed E-state index contributed by atoms with van der Waals surface area (Å²) in [6.07, 6.45) is 3.37. The molecule has 0 aliphatic carbocycles. The molecule has 1 saturated heterocycles. The largest absolute Gasteiger partial charge is 0.319 e. The molecule has 0 bridgehead atoms. The molecule has 1 aliphatic heterocycles. The summed E-state index contributed by atoms with van der Waals surface area (Å²) in [5.41, 5.74) is 3.20. The van der Waals surface area contributed by atoms with Gasteiger partial charge in [-0.3, -0.25) is 10.1 Å². The van der Waals surface area contributed by atoms with Crippen molar-refractivity contribution in [2.75, 3.05) is 18.5 Å². The van der Waals surface area contributed by atoms with E-state index < -0.39 is 10.7 Å². The van der Waals surface area contributed by atoms with Crippen LogP contribution in [0.3, 0.4) is 0 Å². The maximum absolute atomic E-state index is 13.2. The number of nitro groups is 1. The van der Waals surface area contributed by atoms with Gasteiger partial charge in [-0.25, -0.2) is 9.40 Å². The second-order valence-electron chi connectivity index (χ2n) is 4.11. The molecule has 0 spiro atoms. The third-order valence-corrected chi connectivity index (χ3v) is 2.74. The minimum absolute atomic E-state index is 0.232. The Bertz CT molecular complexity index is 419. The van der Waals surface area contributed by atoms with E-state index in [1.807, 2.05) is 5.01 Å². The van der Waals surface area contributed by atoms with Crippen LogP contribution < -0.4 is 5.43 Å². The first-order valence-electron chi connectivity index (χ1n) is 5.62. The summed E-state index contributed by atoms with van der Waals surface area (Å²) in [7, 11) is 0. The van der Waals surface area contributed by atoms with Gasteiger partial charge in [0, 0.05) is 19.2 Å². The summed E-state index contributed by atoms with van der Waals surface area (Å²) in [5, 5.41) is 12.6. The van der Waals surface area contributed by atoms with Gasteiger partial charge in [-0.1, -0.05) is 6.42 Å². The zero-order valence-corrected chi connectivity index (χ0v) is 9.36. The predicted molar refractivity (Wildman–Crippen MR) is 62.1 cm³/mol. The second kappa shape index (κ2) is 5.09. The van der Waals surface area contributed by atoms with E-state index in [0.29, 0.717) is 5.69 Å². The zero-order valence-electron chi connectivity index (χ0n) is 9.36. The number of nitro benzene ring substituents is 1. The minimum atomic E-state index is -0.598. The van der Waals surface area contributed by atoms with Gasteiger partial charge in [0.15, 0.2) is 0 Å². The van der Waals surface area contributed by atoms with Crippen molar-refractivity contribution in [2.45, 2.75) is 19.3 Å². The molecule has 0 aromatic heterocycles. The summed E-state index contributed by atoms with van der Waals surface area (Å²) < 4.78 is 13.2. The highest BCUT2D eigenvalue weighted by Gasteiger charge is 2.13. The maximum Gasteiger partial charge on any atom is 0.274 e. The first-order chi connectivity index (χ1) is 8.15. The number of piperidine rings is 1. The molecule has 0 amide bonds. The van der Waals surface area contributed by atoms with Crippen LogP contribution in [0.1, 0.15) is 19.3 Å². The lowest BCUT2D eigenvalue weighted by atomic mass is 10.2. The van der Waals surface area contributed by atoms with Crippen molar-refractivity contribution in [3.05, 3.63) is 34.1 Å². The number of rotatable bonds is 3. The molecule has 0 unspecified atom stereocenters. The van der Waals surface area contributed by atoms with Gasteiger partial charge in [0.1, 0.15) is 5.82 Å².